The molecule has 2 rings (SSSR count). The molecule has 0 radical (unpaired) electrons. The van der Waals surface area contributed by atoms with Gasteiger partial charge in [-0.15, -0.1) is 0 Å². The van der Waals surface area contributed by atoms with Gasteiger partial charge >= 0.3 is 0 Å². The zero-order valence-corrected chi connectivity index (χ0v) is 7.44. The minimum atomic E-state index is -0.272. The van der Waals surface area contributed by atoms with E-state index in [4.69, 9.17) is 4.84 Å². The fourth-order valence-electron chi connectivity index (χ4n) is 1.46. The Morgan fingerprint density at radius 2 is 2.14 bits per heavy atom. The van der Waals surface area contributed by atoms with Gasteiger partial charge in [0.1, 0.15) is 18.2 Å². The van der Waals surface area contributed by atoms with Crippen LogP contribution in [-0.4, -0.2) is 12.3 Å². The first-order chi connectivity index (χ1) is 6.79. The van der Waals surface area contributed by atoms with E-state index < -0.39 is 0 Å². The molecule has 1 fully saturated rings. The van der Waals surface area contributed by atoms with Crippen molar-refractivity contribution in [3.63, 3.8) is 0 Å². The van der Waals surface area contributed by atoms with Crippen molar-refractivity contribution >= 4 is 6.29 Å². The van der Waals surface area contributed by atoms with Gasteiger partial charge in [-0.05, 0) is 17.7 Å². The SMILES string of the molecule is O=CC1CC(c2ccc(F)cc2)ON1. The summed E-state index contributed by atoms with van der Waals surface area (Å²) in [5, 5.41) is 0. The van der Waals surface area contributed by atoms with Gasteiger partial charge < -0.3 is 4.79 Å². The molecule has 0 aromatic heterocycles. The highest BCUT2D eigenvalue weighted by Crippen LogP contribution is 2.26. The van der Waals surface area contributed by atoms with Crippen molar-refractivity contribution in [1.82, 2.24) is 5.48 Å². The lowest BCUT2D eigenvalue weighted by Gasteiger charge is -2.06. The van der Waals surface area contributed by atoms with E-state index in [-0.39, 0.29) is 18.0 Å². The third-order valence-electron chi connectivity index (χ3n) is 2.24. The quantitative estimate of drug-likeness (QED) is 0.724. The van der Waals surface area contributed by atoms with Crippen molar-refractivity contribution < 1.29 is 14.0 Å². The first-order valence-corrected chi connectivity index (χ1v) is 4.41. The van der Waals surface area contributed by atoms with E-state index in [2.05, 4.69) is 5.48 Å². The van der Waals surface area contributed by atoms with Crippen LogP contribution in [0.15, 0.2) is 24.3 Å². The van der Waals surface area contributed by atoms with Crippen LogP contribution in [0.25, 0.3) is 0 Å². The Hall–Kier alpha value is -1.26. The maximum absolute atomic E-state index is 12.6. The van der Waals surface area contributed by atoms with Gasteiger partial charge in [0.25, 0.3) is 0 Å². The van der Waals surface area contributed by atoms with Gasteiger partial charge in [0.05, 0.1) is 6.04 Å². The topological polar surface area (TPSA) is 38.3 Å². The van der Waals surface area contributed by atoms with Gasteiger partial charge in [-0.1, -0.05) is 12.1 Å². The molecular formula is C10H10FNO2. The molecule has 3 nitrogen and oxygen atoms in total. The van der Waals surface area contributed by atoms with Crippen molar-refractivity contribution in [2.45, 2.75) is 18.6 Å². The van der Waals surface area contributed by atoms with Gasteiger partial charge in [-0.2, -0.15) is 5.48 Å². The molecule has 4 heteroatoms. The average Bonchev–Trinajstić information content (AvgIpc) is 2.67. The Morgan fingerprint density at radius 3 is 2.71 bits per heavy atom. The predicted octanol–water partition coefficient (Wildman–Crippen LogP) is 1.36. The Balaban J connectivity index is 2.09. The van der Waals surface area contributed by atoms with E-state index in [0.717, 1.165) is 11.8 Å². The predicted molar refractivity (Wildman–Crippen MR) is 47.8 cm³/mol. The number of carbonyl (C=O) groups is 1. The summed E-state index contributed by atoms with van der Waals surface area (Å²) in [5.41, 5.74) is 3.49. The lowest BCUT2D eigenvalue weighted by atomic mass is 10.0. The molecule has 1 N–H and O–H groups in total. The van der Waals surface area contributed by atoms with Crippen molar-refractivity contribution in [1.29, 1.82) is 0 Å². The third-order valence-corrected chi connectivity index (χ3v) is 2.24. The van der Waals surface area contributed by atoms with E-state index in [1.54, 1.807) is 12.1 Å². The first kappa shape index (κ1) is 9.30. The third kappa shape index (κ3) is 1.81. The second-order valence-electron chi connectivity index (χ2n) is 3.25. The zero-order valence-electron chi connectivity index (χ0n) is 7.44. The van der Waals surface area contributed by atoms with E-state index in [1.807, 2.05) is 0 Å². The first-order valence-electron chi connectivity index (χ1n) is 4.41. The minimum Gasteiger partial charge on any atom is -0.302 e. The molecular weight excluding hydrogens is 185 g/mol. The number of carbonyl (C=O) groups excluding carboxylic acids is 1. The summed E-state index contributed by atoms with van der Waals surface area (Å²) in [7, 11) is 0. The smallest absolute Gasteiger partial charge is 0.139 e. The second-order valence-corrected chi connectivity index (χ2v) is 3.25. The van der Waals surface area contributed by atoms with E-state index in [1.165, 1.54) is 12.1 Å². The lowest BCUT2D eigenvalue weighted by Crippen LogP contribution is -2.20. The van der Waals surface area contributed by atoms with Crippen LogP contribution in [0, 0.1) is 5.82 Å². The highest BCUT2D eigenvalue weighted by molar-refractivity contribution is 5.57. The van der Waals surface area contributed by atoms with Crippen LogP contribution in [0.5, 0.6) is 0 Å². The monoisotopic (exact) mass is 195 g/mol. The number of hydroxylamine groups is 1. The van der Waals surface area contributed by atoms with Crippen molar-refractivity contribution in [3.8, 4) is 0 Å². The van der Waals surface area contributed by atoms with Crippen LogP contribution in [0.1, 0.15) is 18.1 Å². The fraction of sp³-hybridized carbons (Fsp3) is 0.300. The van der Waals surface area contributed by atoms with Gasteiger partial charge in [0.2, 0.25) is 0 Å². The van der Waals surface area contributed by atoms with Crippen molar-refractivity contribution in [2.24, 2.45) is 0 Å². The Morgan fingerprint density at radius 1 is 1.43 bits per heavy atom. The van der Waals surface area contributed by atoms with Crippen molar-refractivity contribution in [3.05, 3.63) is 35.6 Å². The molecule has 1 heterocycles. The average molecular weight is 195 g/mol. The maximum atomic E-state index is 12.6. The fourth-order valence-corrected chi connectivity index (χ4v) is 1.46. The number of aldehydes is 1. The number of benzene rings is 1. The summed E-state index contributed by atoms with van der Waals surface area (Å²) in [4.78, 5) is 15.6. The molecule has 0 spiro atoms. The summed E-state index contributed by atoms with van der Waals surface area (Å²) in [5.74, 6) is -0.272. The molecule has 0 saturated carbocycles. The zero-order chi connectivity index (χ0) is 9.97. The Kier molecular flexibility index (Phi) is 2.56. The summed E-state index contributed by atoms with van der Waals surface area (Å²) >= 11 is 0. The van der Waals surface area contributed by atoms with Gasteiger partial charge in [0, 0.05) is 6.42 Å². The highest BCUT2D eigenvalue weighted by Gasteiger charge is 2.25. The summed E-state index contributed by atoms with van der Waals surface area (Å²) in [6.45, 7) is 0. The van der Waals surface area contributed by atoms with Crippen LogP contribution in [0.3, 0.4) is 0 Å². The minimum absolute atomic E-state index is 0.161. The van der Waals surface area contributed by atoms with Gasteiger partial charge in [0.15, 0.2) is 0 Å². The number of nitrogens with one attached hydrogen (secondary N) is 1. The summed E-state index contributed by atoms with van der Waals surface area (Å²) in [6, 6.07) is 5.83. The molecule has 1 aliphatic rings. The van der Waals surface area contributed by atoms with Crippen LogP contribution in [-0.2, 0) is 9.63 Å². The van der Waals surface area contributed by atoms with Crippen LogP contribution < -0.4 is 5.48 Å². The molecule has 1 saturated heterocycles. The molecule has 0 bridgehead atoms. The standard InChI is InChI=1S/C10H10FNO2/c11-8-3-1-7(2-4-8)10-5-9(6-13)12-14-10/h1-4,6,9-10,12H,5H2. The van der Waals surface area contributed by atoms with E-state index >= 15 is 0 Å². The summed E-state index contributed by atoms with van der Waals surface area (Å²) in [6.07, 6.45) is 1.24. The molecule has 74 valence electrons. The molecule has 2 atom stereocenters. The highest BCUT2D eigenvalue weighted by atomic mass is 19.1. The maximum Gasteiger partial charge on any atom is 0.139 e. The summed E-state index contributed by atoms with van der Waals surface area (Å²) < 4.78 is 12.6. The number of hydrogen-bond donors (Lipinski definition) is 1. The van der Waals surface area contributed by atoms with Crippen LogP contribution in [0.2, 0.25) is 0 Å². The molecule has 2 unspecified atom stereocenters. The van der Waals surface area contributed by atoms with Gasteiger partial charge in [-0.25, -0.2) is 4.39 Å². The number of hydrogen-bond acceptors (Lipinski definition) is 3. The normalized spacial score (nSPS) is 26.4. The van der Waals surface area contributed by atoms with Crippen LogP contribution in [0.4, 0.5) is 4.39 Å². The molecule has 0 aliphatic carbocycles. The number of rotatable bonds is 2. The molecule has 1 aliphatic heterocycles. The van der Waals surface area contributed by atoms with E-state index in [0.29, 0.717) is 6.42 Å². The molecule has 1 aromatic rings. The lowest BCUT2D eigenvalue weighted by molar-refractivity contribution is -0.110. The van der Waals surface area contributed by atoms with Crippen molar-refractivity contribution in [2.75, 3.05) is 0 Å². The van der Waals surface area contributed by atoms with Crippen LogP contribution >= 0.6 is 0 Å². The molecule has 1 aromatic carbocycles. The number of halogens is 1. The largest absolute Gasteiger partial charge is 0.302 e. The Labute approximate surface area is 80.8 Å². The second kappa shape index (κ2) is 3.86. The Bertz CT molecular complexity index is 325. The molecule has 14 heavy (non-hydrogen) atoms. The molecule has 0 amide bonds. The van der Waals surface area contributed by atoms with Gasteiger partial charge in [-0.3, -0.25) is 4.84 Å². The van der Waals surface area contributed by atoms with E-state index in [9.17, 15) is 9.18 Å².